The zero-order chi connectivity index (χ0) is 15.8. The van der Waals surface area contributed by atoms with Crippen molar-refractivity contribution in [3.05, 3.63) is 65.5 Å². The second-order valence-electron chi connectivity index (χ2n) is 6.23. The van der Waals surface area contributed by atoms with E-state index >= 15 is 0 Å². The first kappa shape index (κ1) is 14.8. The van der Waals surface area contributed by atoms with Gasteiger partial charge in [-0.3, -0.25) is 9.98 Å². The Morgan fingerprint density at radius 1 is 1.17 bits per heavy atom. The molecular weight excluding hydrogens is 302 g/mol. The van der Waals surface area contributed by atoms with Gasteiger partial charge in [0, 0.05) is 18.0 Å². The standard InChI is InChI=1S/C19H21N3S/c1-3-14-7-9-15(10-8-14)18-17(16-6-4-5-11-20-16)21-19-22(18)12-13(2)23-19/h4-11,13,17-18H,3,12H2,1-2H3/t13-,17+,18+/m0/s1. The molecule has 3 nitrogen and oxygen atoms in total. The average Bonchev–Trinajstić information content (AvgIpc) is 3.11. The summed E-state index contributed by atoms with van der Waals surface area (Å²) < 4.78 is 0. The van der Waals surface area contributed by atoms with Crippen LogP contribution in [0.25, 0.3) is 0 Å². The Morgan fingerprint density at radius 3 is 2.70 bits per heavy atom. The zero-order valence-electron chi connectivity index (χ0n) is 13.5. The molecule has 0 aliphatic carbocycles. The molecule has 0 radical (unpaired) electrons. The fourth-order valence-electron chi connectivity index (χ4n) is 3.43. The normalized spacial score (nSPS) is 26.3. The molecule has 2 aromatic rings. The Hall–Kier alpha value is -1.81. The Labute approximate surface area is 141 Å². The first-order chi connectivity index (χ1) is 11.3. The van der Waals surface area contributed by atoms with Gasteiger partial charge in [0.2, 0.25) is 0 Å². The molecule has 3 atom stereocenters. The number of aliphatic imine (C=N–C) groups is 1. The summed E-state index contributed by atoms with van der Waals surface area (Å²) in [6, 6.07) is 15.5. The van der Waals surface area contributed by atoms with Crippen LogP contribution in [0.2, 0.25) is 0 Å². The number of benzene rings is 1. The van der Waals surface area contributed by atoms with E-state index in [0.717, 1.165) is 18.7 Å². The van der Waals surface area contributed by atoms with Crippen molar-refractivity contribution in [3.63, 3.8) is 0 Å². The Bertz CT molecular complexity index is 711. The third-order valence-corrected chi connectivity index (χ3v) is 5.71. The molecular formula is C19H21N3S. The van der Waals surface area contributed by atoms with Crippen molar-refractivity contribution in [3.8, 4) is 0 Å². The van der Waals surface area contributed by atoms with E-state index in [0.29, 0.717) is 5.25 Å². The van der Waals surface area contributed by atoms with Crippen LogP contribution >= 0.6 is 11.8 Å². The number of aryl methyl sites for hydroxylation is 1. The van der Waals surface area contributed by atoms with E-state index in [9.17, 15) is 0 Å². The van der Waals surface area contributed by atoms with Crippen LogP contribution < -0.4 is 0 Å². The lowest BCUT2D eigenvalue weighted by Gasteiger charge is -2.27. The molecule has 1 aromatic carbocycles. The SMILES string of the molecule is CCc1ccc([C@@H]2[C@@H](c3ccccn3)N=C3S[C@@H](C)CN32)cc1. The van der Waals surface area contributed by atoms with E-state index in [4.69, 9.17) is 4.99 Å². The first-order valence-corrected chi connectivity index (χ1v) is 9.15. The molecule has 2 aliphatic heterocycles. The zero-order valence-corrected chi connectivity index (χ0v) is 14.3. The van der Waals surface area contributed by atoms with Gasteiger partial charge in [-0.05, 0) is 29.7 Å². The topological polar surface area (TPSA) is 28.5 Å². The Kier molecular flexibility index (Phi) is 3.85. The van der Waals surface area contributed by atoms with Crippen molar-refractivity contribution >= 4 is 16.9 Å². The lowest BCUT2D eigenvalue weighted by Crippen LogP contribution is -2.28. The number of aromatic nitrogens is 1. The first-order valence-electron chi connectivity index (χ1n) is 8.27. The van der Waals surface area contributed by atoms with Gasteiger partial charge in [0.25, 0.3) is 0 Å². The summed E-state index contributed by atoms with van der Waals surface area (Å²) in [5.74, 6) is 0. The van der Waals surface area contributed by atoms with Gasteiger partial charge in [0.05, 0.1) is 11.7 Å². The lowest BCUT2D eigenvalue weighted by atomic mass is 9.95. The molecule has 118 valence electrons. The molecule has 3 heterocycles. The third kappa shape index (κ3) is 2.65. The van der Waals surface area contributed by atoms with Crippen LogP contribution in [0.4, 0.5) is 0 Å². The maximum absolute atomic E-state index is 5.01. The minimum Gasteiger partial charge on any atom is -0.341 e. The summed E-state index contributed by atoms with van der Waals surface area (Å²) in [5, 5.41) is 1.79. The van der Waals surface area contributed by atoms with Crippen LogP contribution in [-0.4, -0.2) is 26.8 Å². The van der Waals surface area contributed by atoms with Crippen LogP contribution in [0.1, 0.15) is 42.8 Å². The minimum absolute atomic E-state index is 0.0960. The molecule has 1 aromatic heterocycles. The van der Waals surface area contributed by atoms with Gasteiger partial charge >= 0.3 is 0 Å². The van der Waals surface area contributed by atoms with E-state index in [1.807, 2.05) is 24.0 Å². The van der Waals surface area contributed by atoms with Crippen LogP contribution in [-0.2, 0) is 6.42 Å². The van der Waals surface area contributed by atoms with Gasteiger partial charge in [-0.1, -0.05) is 55.9 Å². The van der Waals surface area contributed by atoms with Crippen molar-refractivity contribution in [2.75, 3.05) is 6.54 Å². The van der Waals surface area contributed by atoms with Gasteiger partial charge in [0.1, 0.15) is 6.04 Å². The van der Waals surface area contributed by atoms with Gasteiger partial charge in [0.15, 0.2) is 5.17 Å². The molecule has 4 heteroatoms. The molecule has 4 rings (SSSR count). The van der Waals surface area contributed by atoms with Crippen LogP contribution in [0.15, 0.2) is 53.7 Å². The second-order valence-corrected chi connectivity index (χ2v) is 7.64. The number of hydrogen-bond donors (Lipinski definition) is 0. The van der Waals surface area contributed by atoms with E-state index in [2.05, 4.69) is 60.1 Å². The summed E-state index contributed by atoms with van der Waals surface area (Å²) in [5.41, 5.74) is 3.78. The minimum atomic E-state index is 0.0960. The molecule has 1 saturated heterocycles. The number of thioether (sulfide) groups is 1. The Morgan fingerprint density at radius 2 is 2.00 bits per heavy atom. The molecule has 0 amide bonds. The van der Waals surface area contributed by atoms with Crippen molar-refractivity contribution in [1.29, 1.82) is 0 Å². The fourth-order valence-corrected chi connectivity index (χ4v) is 4.52. The molecule has 23 heavy (non-hydrogen) atoms. The maximum atomic E-state index is 5.01. The quantitative estimate of drug-likeness (QED) is 0.846. The van der Waals surface area contributed by atoms with Gasteiger partial charge in [-0.25, -0.2) is 0 Å². The number of amidine groups is 1. The molecule has 0 saturated carbocycles. The summed E-state index contributed by atoms with van der Waals surface area (Å²) >= 11 is 1.89. The summed E-state index contributed by atoms with van der Waals surface area (Å²) in [4.78, 5) is 12.1. The highest BCUT2D eigenvalue weighted by Crippen LogP contribution is 2.47. The van der Waals surface area contributed by atoms with Gasteiger partial charge in [-0.15, -0.1) is 0 Å². The molecule has 1 fully saturated rings. The van der Waals surface area contributed by atoms with Crippen molar-refractivity contribution < 1.29 is 0 Å². The van der Waals surface area contributed by atoms with Crippen molar-refractivity contribution in [2.24, 2.45) is 4.99 Å². The van der Waals surface area contributed by atoms with Crippen LogP contribution in [0.5, 0.6) is 0 Å². The molecule has 0 N–H and O–H groups in total. The highest BCUT2D eigenvalue weighted by molar-refractivity contribution is 8.14. The van der Waals surface area contributed by atoms with E-state index in [1.165, 1.54) is 16.3 Å². The summed E-state index contributed by atoms with van der Waals surface area (Å²) in [7, 11) is 0. The number of hydrogen-bond acceptors (Lipinski definition) is 4. The van der Waals surface area contributed by atoms with Crippen LogP contribution in [0.3, 0.4) is 0 Å². The largest absolute Gasteiger partial charge is 0.341 e. The molecule has 0 spiro atoms. The second kappa shape index (κ2) is 6.00. The van der Waals surface area contributed by atoms with E-state index < -0.39 is 0 Å². The molecule has 2 aliphatic rings. The van der Waals surface area contributed by atoms with Crippen molar-refractivity contribution in [1.82, 2.24) is 9.88 Å². The van der Waals surface area contributed by atoms with Gasteiger partial charge in [-0.2, -0.15) is 0 Å². The van der Waals surface area contributed by atoms with Crippen LogP contribution in [0, 0.1) is 0 Å². The van der Waals surface area contributed by atoms with E-state index in [1.54, 1.807) is 0 Å². The fraction of sp³-hybridized carbons (Fsp3) is 0.368. The molecule has 0 unspecified atom stereocenters. The highest BCUT2D eigenvalue weighted by Gasteiger charge is 2.43. The summed E-state index contributed by atoms with van der Waals surface area (Å²) in [6.45, 7) is 5.53. The maximum Gasteiger partial charge on any atom is 0.160 e. The van der Waals surface area contributed by atoms with Gasteiger partial charge < -0.3 is 4.90 Å². The smallest absolute Gasteiger partial charge is 0.160 e. The van der Waals surface area contributed by atoms with Crippen molar-refractivity contribution in [2.45, 2.75) is 37.6 Å². The predicted octanol–water partition coefficient (Wildman–Crippen LogP) is 4.23. The number of fused-ring (bicyclic) bond motifs is 1. The predicted molar refractivity (Wildman–Crippen MR) is 96.7 cm³/mol. The number of rotatable bonds is 3. The third-order valence-electron chi connectivity index (χ3n) is 4.61. The highest BCUT2D eigenvalue weighted by atomic mass is 32.2. The lowest BCUT2D eigenvalue weighted by molar-refractivity contribution is 0.321. The number of nitrogens with zero attached hydrogens (tertiary/aromatic N) is 3. The molecule has 0 bridgehead atoms. The Balaban J connectivity index is 1.74. The summed E-state index contributed by atoms with van der Waals surface area (Å²) in [6.07, 6.45) is 2.94. The number of pyridine rings is 1. The van der Waals surface area contributed by atoms with E-state index in [-0.39, 0.29) is 12.1 Å². The monoisotopic (exact) mass is 323 g/mol. The average molecular weight is 323 g/mol.